The molecule has 1 aliphatic heterocycles. The molecule has 0 amide bonds. The molecule has 1 spiro atoms. The van der Waals surface area contributed by atoms with Crippen LogP contribution >= 0.6 is 0 Å². The number of hydrogen-bond donors (Lipinski definition) is 3. The first-order valence-corrected chi connectivity index (χ1v) is 5.73. The third-order valence-electron chi connectivity index (χ3n) is 4.20. The molecule has 0 aromatic heterocycles. The summed E-state index contributed by atoms with van der Waals surface area (Å²) < 4.78 is 0. The van der Waals surface area contributed by atoms with Gasteiger partial charge >= 0.3 is 5.97 Å². The number of nitrogens with one attached hydrogen (secondary N) is 1. The van der Waals surface area contributed by atoms with E-state index in [0.29, 0.717) is 18.3 Å². The Kier molecular flexibility index (Phi) is 2.73. The molecule has 1 aliphatic carbocycles. The molecular formula is C11H19NO3. The Morgan fingerprint density at radius 3 is 2.00 bits per heavy atom. The van der Waals surface area contributed by atoms with Crippen LogP contribution in [0.1, 0.15) is 38.5 Å². The first kappa shape index (κ1) is 10.9. The lowest BCUT2D eigenvalue weighted by Crippen LogP contribution is -2.48. The fourth-order valence-electron chi connectivity index (χ4n) is 2.86. The van der Waals surface area contributed by atoms with Gasteiger partial charge in [-0.05, 0) is 57.0 Å². The lowest BCUT2D eigenvalue weighted by atomic mass is 9.64. The van der Waals surface area contributed by atoms with Crippen LogP contribution in [0.25, 0.3) is 0 Å². The van der Waals surface area contributed by atoms with Crippen LogP contribution in [-0.2, 0) is 4.79 Å². The molecule has 0 aromatic rings. The molecule has 1 heterocycles. The molecule has 86 valence electrons. The quantitative estimate of drug-likeness (QED) is 0.601. The van der Waals surface area contributed by atoms with Crippen molar-refractivity contribution in [3.05, 3.63) is 0 Å². The predicted octanol–water partition coefficient (Wildman–Crippen LogP) is 0.746. The SMILES string of the molecule is O=C(O)C1(O)CCC2(CCNCC2)CC1. The van der Waals surface area contributed by atoms with E-state index < -0.39 is 11.6 Å². The second-order valence-electron chi connectivity index (χ2n) is 5.09. The van der Waals surface area contributed by atoms with Gasteiger partial charge in [0.2, 0.25) is 0 Å². The molecule has 1 saturated carbocycles. The van der Waals surface area contributed by atoms with Gasteiger partial charge in [0.1, 0.15) is 0 Å². The van der Waals surface area contributed by atoms with Gasteiger partial charge in [-0.1, -0.05) is 0 Å². The van der Waals surface area contributed by atoms with Gasteiger partial charge < -0.3 is 15.5 Å². The number of piperidine rings is 1. The Morgan fingerprint density at radius 1 is 1.00 bits per heavy atom. The van der Waals surface area contributed by atoms with Crippen molar-refractivity contribution in [1.29, 1.82) is 0 Å². The lowest BCUT2D eigenvalue weighted by molar-refractivity contribution is -0.165. The van der Waals surface area contributed by atoms with E-state index >= 15 is 0 Å². The molecule has 2 fully saturated rings. The summed E-state index contributed by atoms with van der Waals surface area (Å²) in [5, 5.41) is 22.1. The average molecular weight is 213 g/mol. The second-order valence-corrected chi connectivity index (χ2v) is 5.09. The van der Waals surface area contributed by atoms with Crippen LogP contribution in [0.15, 0.2) is 0 Å². The highest BCUT2D eigenvalue weighted by molar-refractivity contribution is 5.77. The van der Waals surface area contributed by atoms with Gasteiger partial charge in [0.25, 0.3) is 0 Å². The zero-order chi connectivity index (χ0) is 10.9. The van der Waals surface area contributed by atoms with Crippen molar-refractivity contribution in [1.82, 2.24) is 5.32 Å². The molecule has 0 aromatic carbocycles. The molecule has 4 heteroatoms. The van der Waals surface area contributed by atoms with E-state index in [4.69, 9.17) is 5.11 Å². The third-order valence-corrected chi connectivity index (χ3v) is 4.20. The number of aliphatic carboxylic acids is 1. The van der Waals surface area contributed by atoms with Crippen LogP contribution in [0.3, 0.4) is 0 Å². The summed E-state index contributed by atoms with van der Waals surface area (Å²) in [4.78, 5) is 10.9. The first-order valence-electron chi connectivity index (χ1n) is 5.73. The van der Waals surface area contributed by atoms with Crippen molar-refractivity contribution < 1.29 is 15.0 Å². The molecule has 0 bridgehead atoms. The van der Waals surface area contributed by atoms with Crippen LogP contribution in [0.5, 0.6) is 0 Å². The summed E-state index contributed by atoms with van der Waals surface area (Å²) in [5.41, 5.74) is -1.14. The summed E-state index contributed by atoms with van der Waals surface area (Å²) in [7, 11) is 0. The fourth-order valence-corrected chi connectivity index (χ4v) is 2.86. The van der Waals surface area contributed by atoms with Crippen molar-refractivity contribution >= 4 is 5.97 Å². The zero-order valence-corrected chi connectivity index (χ0v) is 8.96. The molecule has 1 saturated heterocycles. The zero-order valence-electron chi connectivity index (χ0n) is 8.96. The fraction of sp³-hybridized carbons (Fsp3) is 0.909. The van der Waals surface area contributed by atoms with Crippen molar-refractivity contribution in [3.63, 3.8) is 0 Å². The van der Waals surface area contributed by atoms with Crippen LogP contribution in [-0.4, -0.2) is 34.9 Å². The van der Waals surface area contributed by atoms with E-state index in [1.807, 2.05) is 0 Å². The van der Waals surface area contributed by atoms with Gasteiger partial charge in [-0.15, -0.1) is 0 Å². The minimum Gasteiger partial charge on any atom is -0.479 e. The van der Waals surface area contributed by atoms with Gasteiger partial charge in [0.05, 0.1) is 0 Å². The summed E-state index contributed by atoms with van der Waals surface area (Å²) in [5.74, 6) is -1.05. The van der Waals surface area contributed by atoms with Crippen LogP contribution in [0.2, 0.25) is 0 Å². The van der Waals surface area contributed by atoms with Crippen molar-refractivity contribution in [3.8, 4) is 0 Å². The molecule has 2 rings (SSSR count). The minimum absolute atomic E-state index is 0.312. The highest BCUT2D eigenvalue weighted by Gasteiger charge is 2.46. The van der Waals surface area contributed by atoms with Gasteiger partial charge in [0.15, 0.2) is 5.60 Å². The summed E-state index contributed by atoms with van der Waals surface area (Å²) in [6.07, 6.45) is 4.81. The highest BCUT2D eigenvalue weighted by atomic mass is 16.4. The summed E-state index contributed by atoms with van der Waals surface area (Å²) in [6, 6.07) is 0. The second kappa shape index (κ2) is 3.76. The average Bonchev–Trinajstić information content (AvgIpc) is 2.24. The van der Waals surface area contributed by atoms with Crippen molar-refractivity contribution in [2.75, 3.05) is 13.1 Å². The van der Waals surface area contributed by atoms with Gasteiger partial charge in [-0.3, -0.25) is 0 Å². The summed E-state index contributed by atoms with van der Waals surface area (Å²) in [6.45, 7) is 2.07. The number of carboxylic acids is 1. The van der Waals surface area contributed by atoms with Crippen molar-refractivity contribution in [2.24, 2.45) is 5.41 Å². The number of rotatable bonds is 1. The maximum atomic E-state index is 10.9. The maximum absolute atomic E-state index is 10.9. The standard InChI is InChI=1S/C11H19NO3/c13-9(14)11(15)3-1-10(2-4-11)5-7-12-8-6-10/h12,15H,1-8H2,(H,13,14). The molecule has 3 N–H and O–H groups in total. The smallest absolute Gasteiger partial charge is 0.335 e. The highest BCUT2D eigenvalue weighted by Crippen LogP contribution is 2.46. The van der Waals surface area contributed by atoms with E-state index in [1.165, 1.54) is 0 Å². The molecule has 0 atom stereocenters. The Labute approximate surface area is 89.7 Å². The predicted molar refractivity (Wildman–Crippen MR) is 55.6 cm³/mol. The van der Waals surface area contributed by atoms with E-state index in [9.17, 15) is 9.90 Å². The Balaban J connectivity index is 1.99. The largest absolute Gasteiger partial charge is 0.479 e. The van der Waals surface area contributed by atoms with Gasteiger partial charge in [-0.2, -0.15) is 0 Å². The van der Waals surface area contributed by atoms with E-state index in [2.05, 4.69) is 5.32 Å². The van der Waals surface area contributed by atoms with Crippen LogP contribution in [0, 0.1) is 5.41 Å². The topological polar surface area (TPSA) is 69.6 Å². The molecule has 15 heavy (non-hydrogen) atoms. The molecule has 0 unspecified atom stereocenters. The number of hydrogen-bond acceptors (Lipinski definition) is 3. The monoisotopic (exact) mass is 213 g/mol. The Bertz CT molecular complexity index is 249. The van der Waals surface area contributed by atoms with Crippen LogP contribution < -0.4 is 5.32 Å². The van der Waals surface area contributed by atoms with Crippen LogP contribution in [0.4, 0.5) is 0 Å². The number of carboxylic acid groups (broad SMARTS) is 1. The third kappa shape index (κ3) is 2.01. The lowest BCUT2D eigenvalue weighted by Gasteiger charge is -2.44. The minimum atomic E-state index is -1.45. The number of carbonyl (C=O) groups is 1. The molecule has 4 nitrogen and oxygen atoms in total. The molecule has 0 radical (unpaired) electrons. The summed E-state index contributed by atoms with van der Waals surface area (Å²) >= 11 is 0. The van der Waals surface area contributed by atoms with E-state index in [1.54, 1.807) is 0 Å². The Hall–Kier alpha value is -0.610. The van der Waals surface area contributed by atoms with E-state index in [-0.39, 0.29) is 0 Å². The van der Waals surface area contributed by atoms with E-state index in [0.717, 1.165) is 38.8 Å². The maximum Gasteiger partial charge on any atom is 0.335 e. The number of aliphatic hydroxyl groups is 1. The molecule has 2 aliphatic rings. The molecular weight excluding hydrogens is 194 g/mol. The Morgan fingerprint density at radius 2 is 1.53 bits per heavy atom. The van der Waals surface area contributed by atoms with Crippen molar-refractivity contribution in [2.45, 2.75) is 44.1 Å². The van der Waals surface area contributed by atoms with Gasteiger partial charge in [-0.25, -0.2) is 4.79 Å². The first-order chi connectivity index (χ1) is 7.06. The van der Waals surface area contributed by atoms with Gasteiger partial charge in [0, 0.05) is 0 Å². The normalized spacial score (nSPS) is 28.9.